The monoisotopic (exact) mass is 585 g/mol. The Morgan fingerprint density at radius 1 is 0.974 bits per heavy atom. The zero-order valence-electron chi connectivity index (χ0n) is 21.1. The van der Waals surface area contributed by atoms with Crippen molar-refractivity contribution in [3.63, 3.8) is 0 Å². The maximum Gasteiger partial charge on any atom is 0.258 e. The molecular weight excluding hydrogens is 561 g/mol. The SMILES string of the molecule is COc1ccccc1-n1c(CNC(=O)COc2ccc(Cl)cc2Cl)nnc1SCC(=O)Nc1cccc(C)c1. The topological polar surface area (TPSA) is 107 Å². The number of thioether (sulfide) groups is 1. The van der Waals surface area contributed by atoms with Crippen LogP contribution < -0.4 is 20.1 Å². The number of hydrogen-bond donors (Lipinski definition) is 2. The van der Waals surface area contributed by atoms with Crippen LogP contribution in [0, 0.1) is 6.92 Å². The summed E-state index contributed by atoms with van der Waals surface area (Å²) in [6.07, 6.45) is 0. The van der Waals surface area contributed by atoms with Crippen molar-refractivity contribution in [2.75, 3.05) is 24.8 Å². The minimum Gasteiger partial charge on any atom is -0.495 e. The molecule has 3 aromatic carbocycles. The molecule has 2 N–H and O–H groups in total. The van der Waals surface area contributed by atoms with Gasteiger partial charge in [0.25, 0.3) is 5.91 Å². The molecule has 0 atom stereocenters. The van der Waals surface area contributed by atoms with Gasteiger partial charge in [-0.05, 0) is 55.0 Å². The Balaban J connectivity index is 1.46. The highest BCUT2D eigenvalue weighted by molar-refractivity contribution is 7.99. The van der Waals surface area contributed by atoms with Crippen LogP contribution >= 0.6 is 35.0 Å². The average molecular weight is 587 g/mol. The van der Waals surface area contributed by atoms with Crippen LogP contribution in [0.5, 0.6) is 11.5 Å². The first-order valence-electron chi connectivity index (χ1n) is 11.8. The van der Waals surface area contributed by atoms with Gasteiger partial charge in [0, 0.05) is 10.7 Å². The molecule has 0 bridgehead atoms. The predicted molar refractivity (Wildman–Crippen MR) is 152 cm³/mol. The summed E-state index contributed by atoms with van der Waals surface area (Å²) in [5, 5.41) is 15.5. The van der Waals surface area contributed by atoms with Gasteiger partial charge in [0.1, 0.15) is 11.5 Å². The zero-order valence-corrected chi connectivity index (χ0v) is 23.4. The molecule has 0 unspecified atom stereocenters. The van der Waals surface area contributed by atoms with Crippen LogP contribution in [0.2, 0.25) is 10.0 Å². The zero-order chi connectivity index (χ0) is 27.8. The summed E-state index contributed by atoms with van der Waals surface area (Å²) in [5.74, 6) is 0.894. The maximum absolute atomic E-state index is 12.6. The van der Waals surface area contributed by atoms with Gasteiger partial charge in [0.2, 0.25) is 5.91 Å². The van der Waals surface area contributed by atoms with Crippen LogP contribution in [0.15, 0.2) is 71.9 Å². The van der Waals surface area contributed by atoms with Crippen molar-refractivity contribution in [2.45, 2.75) is 18.6 Å². The second-order valence-corrected chi connectivity index (χ2v) is 10.0. The summed E-state index contributed by atoms with van der Waals surface area (Å²) in [5.41, 5.74) is 2.43. The molecule has 0 saturated heterocycles. The molecule has 4 rings (SSSR count). The van der Waals surface area contributed by atoms with E-state index in [2.05, 4.69) is 20.8 Å². The van der Waals surface area contributed by atoms with E-state index in [1.165, 1.54) is 17.8 Å². The average Bonchev–Trinajstić information content (AvgIpc) is 3.32. The number of benzene rings is 3. The highest BCUT2D eigenvalue weighted by Crippen LogP contribution is 2.29. The van der Waals surface area contributed by atoms with Crippen LogP contribution in [0.25, 0.3) is 5.69 Å². The van der Waals surface area contributed by atoms with Crippen LogP contribution in [-0.2, 0) is 16.1 Å². The highest BCUT2D eigenvalue weighted by atomic mass is 35.5. The van der Waals surface area contributed by atoms with Crippen LogP contribution in [-0.4, -0.2) is 46.0 Å². The first-order chi connectivity index (χ1) is 18.8. The van der Waals surface area contributed by atoms with E-state index in [1.807, 2.05) is 49.4 Å². The minimum atomic E-state index is -0.387. The smallest absolute Gasteiger partial charge is 0.258 e. The number of carbonyl (C=O) groups is 2. The fraction of sp³-hybridized carbons (Fsp3) is 0.185. The summed E-state index contributed by atoms with van der Waals surface area (Å²) < 4.78 is 12.8. The number of nitrogens with one attached hydrogen (secondary N) is 2. The second-order valence-electron chi connectivity index (χ2n) is 8.25. The Labute approximate surface area is 239 Å². The van der Waals surface area contributed by atoms with Gasteiger partial charge in [-0.3, -0.25) is 14.2 Å². The molecule has 0 saturated carbocycles. The van der Waals surface area contributed by atoms with Gasteiger partial charge < -0.3 is 20.1 Å². The number of hydrogen-bond acceptors (Lipinski definition) is 7. The molecule has 202 valence electrons. The van der Waals surface area contributed by atoms with E-state index in [0.29, 0.717) is 38.2 Å². The lowest BCUT2D eigenvalue weighted by Gasteiger charge is -2.14. The van der Waals surface area contributed by atoms with E-state index < -0.39 is 0 Å². The van der Waals surface area contributed by atoms with E-state index in [0.717, 1.165) is 11.3 Å². The molecule has 39 heavy (non-hydrogen) atoms. The molecule has 0 aliphatic carbocycles. The fourth-order valence-corrected chi connectivity index (χ4v) is 4.81. The molecular formula is C27H25Cl2N5O4S. The second kappa shape index (κ2) is 13.4. The van der Waals surface area contributed by atoms with Gasteiger partial charge in [-0.25, -0.2) is 0 Å². The van der Waals surface area contributed by atoms with Crippen molar-refractivity contribution in [1.29, 1.82) is 0 Å². The highest BCUT2D eigenvalue weighted by Gasteiger charge is 2.19. The standard InChI is InChI=1S/C27H25Cl2N5O4S/c1-17-6-5-7-19(12-17)31-26(36)16-39-27-33-32-24(34(27)21-8-3-4-9-23(21)37-2)14-30-25(35)15-38-22-11-10-18(28)13-20(22)29/h3-13H,14-16H2,1-2H3,(H,30,35)(H,31,36). The minimum absolute atomic E-state index is 0.0532. The largest absolute Gasteiger partial charge is 0.495 e. The first-order valence-corrected chi connectivity index (χ1v) is 13.5. The van der Waals surface area contributed by atoms with Crippen molar-refractivity contribution in [1.82, 2.24) is 20.1 Å². The number of halogens is 2. The summed E-state index contributed by atoms with van der Waals surface area (Å²) in [7, 11) is 1.56. The summed E-state index contributed by atoms with van der Waals surface area (Å²) >= 11 is 13.2. The van der Waals surface area contributed by atoms with E-state index in [9.17, 15) is 9.59 Å². The van der Waals surface area contributed by atoms with E-state index >= 15 is 0 Å². The molecule has 0 spiro atoms. The van der Waals surface area contributed by atoms with Crippen molar-refractivity contribution >= 4 is 52.5 Å². The van der Waals surface area contributed by atoms with Gasteiger partial charge in [-0.15, -0.1) is 10.2 Å². The van der Waals surface area contributed by atoms with Gasteiger partial charge in [0.15, 0.2) is 17.6 Å². The lowest BCUT2D eigenvalue weighted by atomic mass is 10.2. The molecule has 4 aromatic rings. The fourth-order valence-electron chi connectivity index (χ4n) is 3.58. The number of anilines is 1. The summed E-state index contributed by atoms with van der Waals surface area (Å²) in [6.45, 7) is 1.75. The molecule has 0 aliphatic rings. The third kappa shape index (κ3) is 7.66. The molecule has 1 heterocycles. The molecule has 1 aromatic heterocycles. The van der Waals surface area contributed by atoms with Gasteiger partial charge in [0.05, 0.1) is 30.1 Å². The molecule has 0 aliphatic heterocycles. The quantitative estimate of drug-likeness (QED) is 0.229. The van der Waals surface area contributed by atoms with Crippen molar-refractivity contribution in [2.24, 2.45) is 0 Å². The Kier molecular flexibility index (Phi) is 9.69. The predicted octanol–water partition coefficient (Wildman–Crippen LogP) is 5.32. The number of ether oxygens (including phenoxy) is 2. The molecule has 0 fully saturated rings. The number of rotatable bonds is 11. The first kappa shape index (κ1) is 28.3. The number of carbonyl (C=O) groups excluding carboxylic acids is 2. The Bertz CT molecular complexity index is 1480. The van der Waals surface area contributed by atoms with Gasteiger partial charge in [-0.2, -0.15) is 0 Å². The third-order valence-corrected chi connectivity index (χ3v) is 6.82. The van der Waals surface area contributed by atoms with Crippen LogP contribution in [0.1, 0.15) is 11.4 Å². The van der Waals surface area contributed by atoms with Crippen molar-refractivity contribution < 1.29 is 19.1 Å². The number of amides is 2. The summed E-state index contributed by atoms with van der Waals surface area (Å²) in [6, 6.07) is 19.7. The number of aromatic nitrogens is 3. The third-order valence-electron chi connectivity index (χ3n) is 5.36. The van der Waals surface area contributed by atoms with Crippen LogP contribution in [0.3, 0.4) is 0 Å². The number of nitrogens with zero attached hydrogens (tertiary/aromatic N) is 3. The Morgan fingerprint density at radius 2 is 1.79 bits per heavy atom. The molecule has 12 heteroatoms. The number of aryl methyl sites for hydroxylation is 1. The molecule has 2 amide bonds. The number of para-hydroxylation sites is 2. The van der Waals surface area contributed by atoms with Gasteiger partial charge >= 0.3 is 0 Å². The van der Waals surface area contributed by atoms with E-state index in [4.69, 9.17) is 32.7 Å². The molecule has 9 nitrogen and oxygen atoms in total. The summed E-state index contributed by atoms with van der Waals surface area (Å²) in [4.78, 5) is 25.1. The Hall–Kier alpha value is -3.73. The van der Waals surface area contributed by atoms with E-state index in [1.54, 1.807) is 29.9 Å². The Morgan fingerprint density at radius 3 is 2.56 bits per heavy atom. The van der Waals surface area contributed by atoms with Gasteiger partial charge in [-0.1, -0.05) is 59.2 Å². The maximum atomic E-state index is 12.6. The normalized spacial score (nSPS) is 10.7. The molecule has 0 radical (unpaired) electrons. The lowest BCUT2D eigenvalue weighted by Crippen LogP contribution is -2.29. The van der Waals surface area contributed by atoms with E-state index in [-0.39, 0.29) is 30.7 Å². The van der Waals surface area contributed by atoms with Crippen molar-refractivity contribution in [3.05, 3.63) is 88.2 Å². The van der Waals surface area contributed by atoms with Crippen molar-refractivity contribution in [3.8, 4) is 17.2 Å². The number of methoxy groups -OCH3 is 1. The van der Waals surface area contributed by atoms with Crippen LogP contribution in [0.4, 0.5) is 5.69 Å². The lowest BCUT2D eigenvalue weighted by molar-refractivity contribution is -0.123.